The molecule has 0 spiro atoms. The minimum Gasteiger partial charge on any atom is -0.497 e. The zero-order valence-electron chi connectivity index (χ0n) is 14.1. The molecule has 0 bridgehead atoms. The van der Waals surface area contributed by atoms with Crippen molar-refractivity contribution in [1.29, 1.82) is 0 Å². The van der Waals surface area contributed by atoms with Crippen molar-refractivity contribution in [2.45, 2.75) is 12.8 Å². The summed E-state index contributed by atoms with van der Waals surface area (Å²) in [7, 11) is 1.69. The molecule has 1 amide bonds. The summed E-state index contributed by atoms with van der Waals surface area (Å²) in [4.78, 5) is 14.4. The monoisotopic (exact) mass is 324 g/mol. The zero-order chi connectivity index (χ0) is 16.8. The van der Waals surface area contributed by atoms with Crippen LogP contribution in [0.25, 0.3) is 0 Å². The highest BCUT2D eigenvalue weighted by Gasteiger charge is 2.23. The Labute approximate surface area is 143 Å². The molecule has 4 heteroatoms. The van der Waals surface area contributed by atoms with Crippen LogP contribution in [0.5, 0.6) is 5.75 Å². The molecular weight excluding hydrogens is 300 g/mol. The van der Waals surface area contributed by atoms with Crippen molar-refractivity contribution in [3.05, 3.63) is 60.2 Å². The maximum Gasteiger partial charge on any atom is 0.224 e. The van der Waals surface area contributed by atoms with E-state index >= 15 is 0 Å². The molecule has 1 fully saturated rings. The molecule has 0 unspecified atom stereocenters. The third-order valence-electron chi connectivity index (χ3n) is 4.50. The van der Waals surface area contributed by atoms with E-state index in [0.717, 1.165) is 37.4 Å². The predicted octanol–water partition coefficient (Wildman–Crippen LogP) is 2.88. The Kier molecular flexibility index (Phi) is 5.36. The number of carbonyl (C=O) groups is 1. The van der Waals surface area contributed by atoms with E-state index < -0.39 is 0 Å². The van der Waals surface area contributed by atoms with Crippen molar-refractivity contribution in [3.63, 3.8) is 0 Å². The SMILES string of the molecule is COc1cccc(N2CC[C@H](CNC(=O)Cc3ccccc3)C2)c1. The maximum atomic E-state index is 12.1. The number of methoxy groups -OCH3 is 1. The lowest BCUT2D eigenvalue weighted by Crippen LogP contribution is -2.32. The number of amides is 1. The summed E-state index contributed by atoms with van der Waals surface area (Å²) in [5, 5.41) is 3.08. The molecule has 4 nitrogen and oxygen atoms in total. The Hall–Kier alpha value is -2.49. The minimum atomic E-state index is 0.0982. The number of rotatable bonds is 6. The zero-order valence-corrected chi connectivity index (χ0v) is 14.1. The fraction of sp³-hybridized carbons (Fsp3) is 0.350. The van der Waals surface area contributed by atoms with Gasteiger partial charge in [-0.15, -0.1) is 0 Å². The lowest BCUT2D eigenvalue weighted by Gasteiger charge is -2.19. The van der Waals surface area contributed by atoms with E-state index in [2.05, 4.69) is 22.3 Å². The molecular formula is C20H24N2O2. The van der Waals surface area contributed by atoms with E-state index in [9.17, 15) is 4.79 Å². The Morgan fingerprint density at radius 1 is 1.21 bits per heavy atom. The van der Waals surface area contributed by atoms with Crippen molar-refractivity contribution < 1.29 is 9.53 Å². The highest BCUT2D eigenvalue weighted by Crippen LogP contribution is 2.26. The number of hydrogen-bond donors (Lipinski definition) is 1. The van der Waals surface area contributed by atoms with Gasteiger partial charge in [-0.1, -0.05) is 36.4 Å². The first-order valence-corrected chi connectivity index (χ1v) is 8.44. The van der Waals surface area contributed by atoms with Gasteiger partial charge < -0.3 is 15.0 Å². The van der Waals surface area contributed by atoms with Gasteiger partial charge >= 0.3 is 0 Å². The second-order valence-corrected chi connectivity index (χ2v) is 6.27. The first kappa shape index (κ1) is 16.4. The second-order valence-electron chi connectivity index (χ2n) is 6.27. The van der Waals surface area contributed by atoms with Crippen molar-refractivity contribution in [2.75, 3.05) is 31.6 Å². The minimum absolute atomic E-state index is 0.0982. The number of ether oxygens (including phenoxy) is 1. The van der Waals surface area contributed by atoms with Gasteiger partial charge in [-0.25, -0.2) is 0 Å². The van der Waals surface area contributed by atoms with Crippen LogP contribution < -0.4 is 15.0 Å². The van der Waals surface area contributed by atoms with Crippen LogP contribution in [0.2, 0.25) is 0 Å². The standard InChI is InChI=1S/C20H24N2O2/c1-24-19-9-5-8-18(13-19)22-11-10-17(15-22)14-21-20(23)12-16-6-3-2-4-7-16/h2-9,13,17H,10-12,14-15H2,1H3,(H,21,23)/t17-/m1/s1. The van der Waals surface area contributed by atoms with E-state index in [1.54, 1.807) is 7.11 Å². The molecule has 2 aromatic rings. The van der Waals surface area contributed by atoms with E-state index in [1.807, 2.05) is 42.5 Å². The van der Waals surface area contributed by atoms with E-state index in [0.29, 0.717) is 12.3 Å². The van der Waals surface area contributed by atoms with Crippen LogP contribution >= 0.6 is 0 Å². The molecule has 1 saturated heterocycles. The van der Waals surface area contributed by atoms with Crippen LogP contribution in [0.3, 0.4) is 0 Å². The lowest BCUT2D eigenvalue weighted by atomic mass is 10.1. The Morgan fingerprint density at radius 3 is 2.83 bits per heavy atom. The largest absolute Gasteiger partial charge is 0.497 e. The number of anilines is 1. The molecule has 0 aromatic heterocycles. The molecule has 126 valence electrons. The van der Waals surface area contributed by atoms with Crippen molar-refractivity contribution in [2.24, 2.45) is 5.92 Å². The van der Waals surface area contributed by atoms with Gasteiger partial charge in [0.05, 0.1) is 13.5 Å². The third kappa shape index (κ3) is 4.28. The van der Waals surface area contributed by atoms with Crippen LogP contribution in [0.1, 0.15) is 12.0 Å². The number of nitrogens with one attached hydrogen (secondary N) is 1. The molecule has 1 heterocycles. The highest BCUT2D eigenvalue weighted by molar-refractivity contribution is 5.78. The molecule has 1 aliphatic rings. The van der Waals surface area contributed by atoms with Gasteiger partial charge in [0.2, 0.25) is 5.91 Å². The predicted molar refractivity (Wildman–Crippen MR) is 96.5 cm³/mol. The van der Waals surface area contributed by atoms with Crippen LogP contribution in [-0.2, 0) is 11.2 Å². The summed E-state index contributed by atoms with van der Waals surface area (Å²) < 4.78 is 5.29. The highest BCUT2D eigenvalue weighted by atomic mass is 16.5. The molecule has 1 N–H and O–H groups in total. The van der Waals surface area contributed by atoms with Gasteiger partial charge in [-0.3, -0.25) is 4.79 Å². The summed E-state index contributed by atoms with van der Waals surface area (Å²) in [6.07, 6.45) is 1.55. The summed E-state index contributed by atoms with van der Waals surface area (Å²) in [5.74, 6) is 1.48. The Balaban J connectivity index is 1.47. The molecule has 3 rings (SSSR count). The average Bonchev–Trinajstić information content (AvgIpc) is 3.10. The van der Waals surface area contributed by atoms with Crippen LogP contribution in [0.15, 0.2) is 54.6 Å². The Morgan fingerprint density at radius 2 is 2.04 bits per heavy atom. The van der Waals surface area contributed by atoms with Crippen LogP contribution in [0.4, 0.5) is 5.69 Å². The maximum absolute atomic E-state index is 12.1. The van der Waals surface area contributed by atoms with E-state index in [-0.39, 0.29) is 5.91 Å². The van der Waals surface area contributed by atoms with Crippen LogP contribution in [-0.4, -0.2) is 32.7 Å². The summed E-state index contributed by atoms with van der Waals surface area (Å²) in [6, 6.07) is 18.0. The second kappa shape index (κ2) is 7.86. The van der Waals surface area contributed by atoms with Crippen molar-refractivity contribution >= 4 is 11.6 Å². The molecule has 0 radical (unpaired) electrons. The van der Waals surface area contributed by atoms with Crippen molar-refractivity contribution in [1.82, 2.24) is 5.32 Å². The van der Waals surface area contributed by atoms with Gasteiger partial charge in [0.1, 0.15) is 5.75 Å². The molecule has 1 atom stereocenters. The summed E-state index contributed by atoms with van der Waals surface area (Å²) in [5.41, 5.74) is 2.24. The molecule has 0 aliphatic carbocycles. The summed E-state index contributed by atoms with van der Waals surface area (Å²) in [6.45, 7) is 2.73. The molecule has 2 aromatic carbocycles. The van der Waals surface area contributed by atoms with Crippen molar-refractivity contribution in [3.8, 4) is 5.75 Å². The van der Waals surface area contributed by atoms with Gasteiger partial charge in [0, 0.05) is 31.4 Å². The van der Waals surface area contributed by atoms with Crippen LogP contribution in [0, 0.1) is 5.92 Å². The molecule has 0 saturated carbocycles. The van der Waals surface area contributed by atoms with Gasteiger partial charge in [-0.05, 0) is 30.0 Å². The van der Waals surface area contributed by atoms with E-state index in [4.69, 9.17) is 4.74 Å². The quantitative estimate of drug-likeness (QED) is 0.888. The molecule has 1 aliphatic heterocycles. The summed E-state index contributed by atoms with van der Waals surface area (Å²) >= 11 is 0. The average molecular weight is 324 g/mol. The fourth-order valence-electron chi connectivity index (χ4n) is 3.14. The number of nitrogens with zero attached hydrogens (tertiary/aromatic N) is 1. The first-order valence-electron chi connectivity index (χ1n) is 8.44. The molecule has 24 heavy (non-hydrogen) atoms. The number of hydrogen-bond acceptors (Lipinski definition) is 3. The van der Waals surface area contributed by atoms with Gasteiger partial charge in [0.25, 0.3) is 0 Å². The number of benzene rings is 2. The third-order valence-corrected chi connectivity index (χ3v) is 4.50. The Bertz CT molecular complexity index is 672. The number of carbonyl (C=O) groups excluding carboxylic acids is 1. The fourth-order valence-corrected chi connectivity index (χ4v) is 3.14. The normalized spacial score (nSPS) is 16.9. The topological polar surface area (TPSA) is 41.6 Å². The smallest absolute Gasteiger partial charge is 0.224 e. The van der Waals surface area contributed by atoms with E-state index in [1.165, 1.54) is 5.69 Å². The van der Waals surface area contributed by atoms with Gasteiger partial charge in [0.15, 0.2) is 0 Å². The lowest BCUT2D eigenvalue weighted by molar-refractivity contribution is -0.120. The first-order chi connectivity index (χ1) is 11.7. The van der Waals surface area contributed by atoms with Gasteiger partial charge in [-0.2, -0.15) is 0 Å².